The molecule has 0 aromatic heterocycles. The highest BCUT2D eigenvalue weighted by atomic mass is 35.5. The van der Waals surface area contributed by atoms with Gasteiger partial charge in [0, 0.05) is 45.0 Å². The van der Waals surface area contributed by atoms with E-state index in [9.17, 15) is 4.79 Å². The molecule has 1 fully saturated rings. The zero-order valence-electron chi connectivity index (χ0n) is 8.13. The van der Waals surface area contributed by atoms with Gasteiger partial charge in [-0.2, -0.15) is 0 Å². The molecule has 0 radical (unpaired) electrons. The normalized spacial score (nSPS) is 19.1. The number of hydrogen-bond acceptors (Lipinski definition) is 2. The highest BCUT2D eigenvalue weighted by Gasteiger charge is 2.18. The molecule has 0 atom stereocenters. The lowest BCUT2D eigenvalue weighted by molar-refractivity contribution is -0.132. The van der Waals surface area contributed by atoms with Crippen molar-refractivity contribution in [3.05, 3.63) is 0 Å². The van der Waals surface area contributed by atoms with Gasteiger partial charge in [0.05, 0.1) is 0 Å². The fraction of sp³-hybridized carbons (Fsp3) is 0.889. The first-order valence-electron chi connectivity index (χ1n) is 4.84. The van der Waals surface area contributed by atoms with Crippen LogP contribution in [0, 0.1) is 0 Å². The van der Waals surface area contributed by atoms with Crippen molar-refractivity contribution in [3.8, 4) is 0 Å². The van der Waals surface area contributed by atoms with Crippen molar-refractivity contribution in [1.82, 2.24) is 9.80 Å². The van der Waals surface area contributed by atoms with E-state index in [4.69, 9.17) is 11.6 Å². The van der Waals surface area contributed by atoms with Crippen LogP contribution in [0.25, 0.3) is 0 Å². The molecule has 1 saturated heterocycles. The average molecular weight is 205 g/mol. The minimum absolute atomic E-state index is 0.269. The smallest absolute Gasteiger partial charge is 0.222 e. The molecule has 0 bridgehead atoms. The van der Waals surface area contributed by atoms with Crippen molar-refractivity contribution in [3.63, 3.8) is 0 Å². The molecule has 0 saturated carbocycles. The predicted octanol–water partition coefficient (Wildman–Crippen LogP) is 0.779. The molecular weight excluding hydrogens is 188 g/mol. The molecule has 4 heteroatoms. The molecule has 1 rings (SSSR count). The Labute approximate surface area is 84.6 Å². The Morgan fingerprint density at radius 1 is 1.31 bits per heavy atom. The first kappa shape index (κ1) is 10.8. The first-order valence-corrected chi connectivity index (χ1v) is 5.37. The number of hydrogen-bond donors (Lipinski definition) is 0. The maximum Gasteiger partial charge on any atom is 0.222 e. The number of halogens is 1. The monoisotopic (exact) mass is 204 g/mol. The third-order valence-electron chi connectivity index (χ3n) is 2.43. The third kappa shape index (κ3) is 3.16. The van der Waals surface area contributed by atoms with Crippen LogP contribution in [-0.2, 0) is 4.79 Å². The van der Waals surface area contributed by atoms with Crippen LogP contribution < -0.4 is 0 Å². The van der Waals surface area contributed by atoms with Gasteiger partial charge in [-0.3, -0.25) is 9.69 Å². The molecule has 3 nitrogen and oxygen atoms in total. The number of rotatable bonds is 3. The van der Waals surface area contributed by atoms with Crippen LogP contribution in [-0.4, -0.2) is 54.3 Å². The number of nitrogens with zero attached hydrogens (tertiary/aromatic N) is 2. The van der Waals surface area contributed by atoms with Crippen LogP contribution in [0.15, 0.2) is 0 Å². The fourth-order valence-corrected chi connectivity index (χ4v) is 1.80. The van der Waals surface area contributed by atoms with Gasteiger partial charge in [-0.15, -0.1) is 11.6 Å². The third-order valence-corrected chi connectivity index (χ3v) is 2.60. The molecule has 0 unspecified atom stereocenters. The van der Waals surface area contributed by atoms with Crippen molar-refractivity contribution in [2.24, 2.45) is 0 Å². The maximum atomic E-state index is 11.3. The van der Waals surface area contributed by atoms with Crippen LogP contribution in [0.4, 0.5) is 0 Å². The quantitative estimate of drug-likeness (QED) is 0.635. The highest BCUT2D eigenvalue weighted by molar-refractivity contribution is 6.18. The Morgan fingerprint density at radius 2 is 1.92 bits per heavy atom. The molecule has 1 aliphatic rings. The minimum atomic E-state index is 0.269. The van der Waals surface area contributed by atoms with Gasteiger partial charge in [0.2, 0.25) is 5.91 Å². The van der Waals surface area contributed by atoms with E-state index in [1.54, 1.807) is 0 Å². The van der Waals surface area contributed by atoms with Crippen molar-refractivity contribution in [2.45, 2.75) is 13.3 Å². The lowest BCUT2D eigenvalue weighted by atomic mass is 10.3. The van der Waals surface area contributed by atoms with Crippen molar-refractivity contribution >= 4 is 17.5 Å². The SMILES string of the molecule is CCC(=O)N1CCN(CCCl)CC1. The average Bonchev–Trinajstić information content (AvgIpc) is 2.18. The summed E-state index contributed by atoms with van der Waals surface area (Å²) in [6.45, 7) is 6.52. The van der Waals surface area contributed by atoms with Crippen molar-refractivity contribution < 1.29 is 4.79 Å². The fourth-order valence-electron chi connectivity index (χ4n) is 1.56. The highest BCUT2D eigenvalue weighted by Crippen LogP contribution is 2.03. The lowest BCUT2D eigenvalue weighted by Crippen LogP contribution is -2.48. The summed E-state index contributed by atoms with van der Waals surface area (Å²) in [5, 5.41) is 0. The number of alkyl halides is 1. The lowest BCUT2D eigenvalue weighted by Gasteiger charge is -2.34. The standard InChI is InChI=1S/C9H17ClN2O/c1-2-9(13)12-7-5-11(4-3-10)6-8-12/h2-8H2,1H3. The van der Waals surface area contributed by atoms with Crippen LogP contribution in [0.3, 0.4) is 0 Å². The van der Waals surface area contributed by atoms with E-state index in [2.05, 4.69) is 4.90 Å². The summed E-state index contributed by atoms with van der Waals surface area (Å²) < 4.78 is 0. The van der Waals surface area contributed by atoms with E-state index >= 15 is 0 Å². The molecule has 1 aliphatic heterocycles. The minimum Gasteiger partial charge on any atom is -0.340 e. The zero-order chi connectivity index (χ0) is 9.68. The summed E-state index contributed by atoms with van der Waals surface area (Å²) in [6.07, 6.45) is 0.621. The van der Waals surface area contributed by atoms with Crippen LogP contribution in [0.2, 0.25) is 0 Å². The van der Waals surface area contributed by atoms with Gasteiger partial charge in [-0.1, -0.05) is 6.92 Å². The second-order valence-corrected chi connectivity index (χ2v) is 3.64. The van der Waals surface area contributed by atoms with Gasteiger partial charge < -0.3 is 4.90 Å². The molecule has 0 spiro atoms. The number of piperazine rings is 1. The van der Waals surface area contributed by atoms with Gasteiger partial charge in [0.1, 0.15) is 0 Å². The second-order valence-electron chi connectivity index (χ2n) is 3.26. The van der Waals surface area contributed by atoms with Crippen molar-refractivity contribution in [1.29, 1.82) is 0 Å². The Balaban J connectivity index is 2.26. The molecule has 0 aliphatic carbocycles. The van der Waals surface area contributed by atoms with E-state index in [0.717, 1.165) is 32.7 Å². The summed E-state index contributed by atoms with van der Waals surface area (Å²) in [7, 11) is 0. The number of amides is 1. The van der Waals surface area contributed by atoms with E-state index in [0.29, 0.717) is 12.3 Å². The Morgan fingerprint density at radius 3 is 2.38 bits per heavy atom. The summed E-state index contributed by atoms with van der Waals surface area (Å²) in [5.74, 6) is 0.951. The zero-order valence-corrected chi connectivity index (χ0v) is 8.89. The molecule has 0 N–H and O–H groups in total. The molecular formula is C9H17ClN2O. The van der Waals surface area contributed by atoms with E-state index in [1.165, 1.54) is 0 Å². The summed E-state index contributed by atoms with van der Waals surface area (Å²) in [6, 6.07) is 0. The summed E-state index contributed by atoms with van der Waals surface area (Å²) >= 11 is 5.64. The van der Waals surface area contributed by atoms with E-state index < -0.39 is 0 Å². The Bertz CT molecular complexity index is 167. The van der Waals surface area contributed by atoms with Gasteiger partial charge >= 0.3 is 0 Å². The largest absolute Gasteiger partial charge is 0.340 e. The van der Waals surface area contributed by atoms with Crippen LogP contribution in [0.1, 0.15) is 13.3 Å². The number of carbonyl (C=O) groups excluding carboxylic acids is 1. The predicted molar refractivity (Wildman–Crippen MR) is 54.0 cm³/mol. The van der Waals surface area contributed by atoms with Gasteiger partial charge in [0.15, 0.2) is 0 Å². The van der Waals surface area contributed by atoms with E-state index in [-0.39, 0.29) is 5.91 Å². The van der Waals surface area contributed by atoms with Crippen molar-refractivity contribution in [2.75, 3.05) is 38.6 Å². The van der Waals surface area contributed by atoms with Crippen LogP contribution >= 0.6 is 11.6 Å². The van der Waals surface area contributed by atoms with E-state index in [1.807, 2.05) is 11.8 Å². The van der Waals surface area contributed by atoms with Gasteiger partial charge in [0.25, 0.3) is 0 Å². The number of carbonyl (C=O) groups is 1. The topological polar surface area (TPSA) is 23.6 Å². The Hall–Kier alpha value is -0.280. The summed E-state index contributed by atoms with van der Waals surface area (Å²) in [5.41, 5.74) is 0. The molecule has 1 heterocycles. The first-order chi connectivity index (χ1) is 6.27. The molecule has 1 amide bonds. The van der Waals surface area contributed by atoms with Crippen LogP contribution in [0.5, 0.6) is 0 Å². The summed E-state index contributed by atoms with van der Waals surface area (Å²) in [4.78, 5) is 15.5. The molecule has 0 aromatic carbocycles. The molecule has 76 valence electrons. The maximum absolute atomic E-state index is 11.3. The van der Waals surface area contributed by atoms with Gasteiger partial charge in [-0.25, -0.2) is 0 Å². The van der Waals surface area contributed by atoms with Gasteiger partial charge in [-0.05, 0) is 0 Å². The Kier molecular flexibility index (Phi) is 4.53. The second kappa shape index (κ2) is 5.45. The molecule has 0 aromatic rings. The molecule has 13 heavy (non-hydrogen) atoms.